The molecule has 1 aromatic carbocycles. The molecule has 0 aliphatic carbocycles. The minimum Gasteiger partial charge on any atom is -0.504 e. The highest BCUT2D eigenvalue weighted by Gasteiger charge is 2.07. The molecular formula is C11H15N3O2S. The van der Waals surface area contributed by atoms with Crippen molar-refractivity contribution >= 4 is 23.0 Å². The van der Waals surface area contributed by atoms with Crippen LogP contribution in [-0.2, 0) is 0 Å². The molecule has 1 aromatic rings. The molecule has 92 valence electrons. The summed E-state index contributed by atoms with van der Waals surface area (Å²) in [5.41, 5.74) is 9.46. The van der Waals surface area contributed by atoms with Crippen LogP contribution in [0.4, 0.5) is 0 Å². The van der Waals surface area contributed by atoms with E-state index in [1.165, 1.54) is 7.11 Å². The lowest BCUT2D eigenvalue weighted by atomic mass is 10.1. The zero-order valence-electron chi connectivity index (χ0n) is 9.73. The maximum Gasteiger partial charge on any atom is 0.184 e. The number of benzene rings is 1. The fourth-order valence-corrected chi connectivity index (χ4v) is 1.37. The summed E-state index contributed by atoms with van der Waals surface area (Å²) in [5, 5.41) is 13.7. The van der Waals surface area contributed by atoms with Crippen LogP contribution in [0.2, 0.25) is 0 Å². The highest BCUT2D eigenvalue weighted by atomic mass is 32.1. The van der Waals surface area contributed by atoms with Crippen molar-refractivity contribution in [2.45, 2.75) is 13.3 Å². The lowest BCUT2D eigenvalue weighted by molar-refractivity contribution is 0.373. The summed E-state index contributed by atoms with van der Waals surface area (Å²) < 4.78 is 5.03. The Morgan fingerprint density at radius 1 is 1.59 bits per heavy atom. The number of rotatable bonds is 4. The Bertz CT molecular complexity index is 446. The SMILES string of the molecule is CC/C(=N/NC(N)=S)c1ccc(O)c(OC)c1. The highest BCUT2D eigenvalue weighted by Crippen LogP contribution is 2.26. The van der Waals surface area contributed by atoms with Crippen LogP contribution in [-0.4, -0.2) is 23.0 Å². The summed E-state index contributed by atoms with van der Waals surface area (Å²) in [7, 11) is 1.49. The number of phenols is 1. The smallest absolute Gasteiger partial charge is 0.184 e. The monoisotopic (exact) mass is 253 g/mol. The second kappa shape index (κ2) is 6.05. The van der Waals surface area contributed by atoms with E-state index in [4.69, 9.17) is 10.5 Å². The van der Waals surface area contributed by atoms with E-state index >= 15 is 0 Å². The van der Waals surface area contributed by atoms with Crippen LogP contribution in [0.1, 0.15) is 18.9 Å². The van der Waals surface area contributed by atoms with Gasteiger partial charge in [0.05, 0.1) is 12.8 Å². The lowest BCUT2D eigenvalue weighted by Crippen LogP contribution is -2.25. The Balaban J connectivity index is 3.03. The molecule has 0 saturated carbocycles. The molecule has 0 saturated heterocycles. The van der Waals surface area contributed by atoms with Gasteiger partial charge in [0.15, 0.2) is 16.6 Å². The topological polar surface area (TPSA) is 79.9 Å². The first-order valence-corrected chi connectivity index (χ1v) is 5.48. The van der Waals surface area contributed by atoms with Gasteiger partial charge in [-0.2, -0.15) is 5.10 Å². The van der Waals surface area contributed by atoms with E-state index in [1.54, 1.807) is 18.2 Å². The number of thiocarbonyl (C=S) groups is 1. The first-order chi connectivity index (χ1) is 8.08. The van der Waals surface area contributed by atoms with Crippen LogP contribution in [0.25, 0.3) is 0 Å². The second-order valence-corrected chi connectivity index (χ2v) is 3.71. The molecule has 0 aliphatic heterocycles. The maximum absolute atomic E-state index is 9.49. The van der Waals surface area contributed by atoms with Crippen molar-refractivity contribution in [3.8, 4) is 11.5 Å². The standard InChI is InChI=1S/C11H15N3O2S/c1-3-8(13-14-11(12)17)7-4-5-9(15)10(6-7)16-2/h4-6,15H,3H2,1-2H3,(H3,12,14,17)/b13-8-. The van der Waals surface area contributed by atoms with Crippen LogP contribution in [0, 0.1) is 0 Å². The van der Waals surface area contributed by atoms with E-state index in [2.05, 4.69) is 22.7 Å². The van der Waals surface area contributed by atoms with Crippen molar-refractivity contribution in [3.05, 3.63) is 23.8 Å². The predicted octanol–water partition coefficient (Wildman–Crippen LogP) is 1.35. The second-order valence-electron chi connectivity index (χ2n) is 3.27. The normalized spacial score (nSPS) is 11.1. The maximum atomic E-state index is 9.49. The van der Waals surface area contributed by atoms with Gasteiger partial charge in [0.25, 0.3) is 0 Å². The molecule has 0 aromatic heterocycles. The van der Waals surface area contributed by atoms with Gasteiger partial charge in [0.2, 0.25) is 0 Å². The van der Waals surface area contributed by atoms with E-state index in [-0.39, 0.29) is 10.9 Å². The Labute approximate surface area is 105 Å². The van der Waals surface area contributed by atoms with Crippen molar-refractivity contribution in [1.29, 1.82) is 0 Å². The number of phenolic OH excluding ortho intramolecular Hbond substituents is 1. The molecule has 1 rings (SSSR count). The van der Waals surface area contributed by atoms with Gasteiger partial charge in [-0.15, -0.1) is 0 Å². The molecule has 0 aliphatic rings. The molecule has 0 fully saturated rings. The van der Waals surface area contributed by atoms with Crippen molar-refractivity contribution in [2.24, 2.45) is 10.8 Å². The Hall–Kier alpha value is -1.82. The molecule has 6 heteroatoms. The molecule has 0 amide bonds. The zero-order chi connectivity index (χ0) is 12.8. The van der Waals surface area contributed by atoms with Gasteiger partial charge in [-0.3, -0.25) is 5.43 Å². The number of nitrogens with zero attached hydrogens (tertiary/aromatic N) is 1. The highest BCUT2D eigenvalue weighted by molar-refractivity contribution is 7.80. The van der Waals surface area contributed by atoms with Gasteiger partial charge in [0, 0.05) is 5.56 Å². The summed E-state index contributed by atoms with van der Waals surface area (Å²) in [6.07, 6.45) is 0.698. The van der Waals surface area contributed by atoms with Crippen LogP contribution in [0.3, 0.4) is 0 Å². The minimum atomic E-state index is 0.0917. The van der Waals surface area contributed by atoms with E-state index in [1.807, 2.05) is 6.92 Å². The van der Waals surface area contributed by atoms with Crippen molar-refractivity contribution in [2.75, 3.05) is 7.11 Å². The van der Waals surface area contributed by atoms with Crippen LogP contribution in [0.5, 0.6) is 11.5 Å². The summed E-state index contributed by atoms with van der Waals surface area (Å²) >= 11 is 4.68. The number of nitrogens with two attached hydrogens (primary N) is 1. The number of hydrogen-bond donors (Lipinski definition) is 3. The summed E-state index contributed by atoms with van der Waals surface area (Å²) in [6.45, 7) is 1.96. The van der Waals surface area contributed by atoms with Crippen molar-refractivity contribution in [1.82, 2.24) is 5.43 Å². The number of nitrogens with one attached hydrogen (secondary N) is 1. The first-order valence-electron chi connectivity index (χ1n) is 5.07. The Morgan fingerprint density at radius 2 is 2.29 bits per heavy atom. The quantitative estimate of drug-likeness (QED) is 0.429. The third-order valence-electron chi connectivity index (χ3n) is 2.15. The molecule has 17 heavy (non-hydrogen) atoms. The largest absolute Gasteiger partial charge is 0.504 e. The fraction of sp³-hybridized carbons (Fsp3) is 0.273. The molecule has 4 N–H and O–H groups in total. The van der Waals surface area contributed by atoms with E-state index in [0.29, 0.717) is 12.2 Å². The van der Waals surface area contributed by atoms with Crippen LogP contribution in [0.15, 0.2) is 23.3 Å². The van der Waals surface area contributed by atoms with E-state index in [9.17, 15) is 5.11 Å². The van der Waals surface area contributed by atoms with Gasteiger partial charge in [-0.25, -0.2) is 0 Å². The van der Waals surface area contributed by atoms with Gasteiger partial charge in [-0.05, 0) is 36.8 Å². The third-order valence-corrected chi connectivity index (χ3v) is 2.24. The Kier molecular flexibility index (Phi) is 4.71. The molecular weight excluding hydrogens is 238 g/mol. The molecule has 0 atom stereocenters. The number of ether oxygens (including phenoxy) is 1. The molecule has 0 spiro atoms. The average molecular weight is 253 g/mol. The number of methoxy groups -OCH3 is 1. The van der Waals surface area contributed by atoms with E-state index < -0.39 is 0 Å². The number of aromatic hydroxyl groups is 1. The van der Waals surface area contributed by atoms with Crippen molar-refractivity contribution in [3.63, 3.8) is 0 Å². The molecule has 0 unspecified atom stereocenters. The summed E-state index contributed by atoms with van der Waals surface area (Å²) in [6, 6.07) is 5.01. The van der Waals surface area contributed by atoms with Crippen LogP contribution < -0.4 is 15.9 Å². The minimum absolute atomic E-state index is 0.0917. The van der Waals surface area contributed by atoms with E-state index in [0.717, 1.165) is 11.3 Å². The average Bonchev–Trinajstić information content (AvgIpc) is 2.31. The van der Waals surface area contributed by atoms with Gasteiger partial charge >= 0.3 is 0 Å². The summed E-state index contributed by atoms with van der Waals surface area (Å²) in [5.74, 6) is 0.494. The number of hydrazone groups is 1. The molecule has 0 radical (unpaired) electrons. The van der Waals surface area contributed by atoms with Gasteiger partial charge in [-0.1, -0.05) is 6.92 Å². The molecule has 0 bridgehead atoms. The third kappa shape index (κ3) is 3.60. The fourth-order valence-electron chi connectivity index (χ4n) is 1.33. The van der Waals surface area contributed by atoms with Crippen LogP contribution >= 0.6 is 12.2 Å². The summed E-state index contributed by atoms with van der Waals surface area (Å²) in [4.78, 5) is 0. The first kappa shape index (κ1) is 13.2. The van der Waals surface area contributed by atoms with Gasteiger partial charge < -0.3 is 15.6 Å². The van der Waals surface area contributed by atoms with Crippen molar-refractivity contribution < 1.29 is 9.84 Å². The Morgan fingerprint density at radius 3 is 2.82 bits per heavy atom. The predicted molar refractivity (Wildman–Crippen MR) is 71.4 cm³/mol. The lowest BCUT2D eigenvalue weighted by Gasteiger charge is -2.08. The number of hydrogen-bond acceptors (Lipinski definition) is 4. The molecule has 0 heterocycles. The van der Waals surface area contributed by atoms with Gasteiger partial charge in [0.1, 0.15) is 0 Å². The molecule has 5 nitrogen and oxygen atoms in total. The zero-order valence-corrected chi connectivity index (χ0v) is 10.5.